The summed E-state index contributed by atoms with van der Waals surface area (Å²) in [5.41, 5.74) is -0.781. The Morgan fingerprint density at radius 2 is 2.29 bits per heavy atom. The lowest BCUT2D eigenvalue weighted by Crippen LogP contribution is -2.02. The molecule has 0 N–H and O–H groups in total. The zero-order valence-corrected chi connectivity index (χ0v) is 7.29. The molecule has 0 aromatic carbocycles. The van der Waals surface area contributed by atoms with E-state index in [-0.39, 0.29) is 16.8 Å². The Morgan fingerprint density at radius 1 is 1.64 bits per heavy atom. The van der Waals surface area contributed by atoms with Crippen LogP contribution in [0, 0.1) is 18.3 Å². The summed E-state index contributed by atoms with van der Waals surface area (Å²) in [5.74, 6) is 0. The van der Waals surface area contributed by atoms with Crippen molar-refractivity contribution in [2.24, 2.45) is 0 Å². The molecule has 1 aromatic rings. The van der Waals surface area contributed by atoms with E-state index in [2.05, 4.69) is 4.98 Å². The van der Waals surface area contributed by atoms with E-state index in [1.165, 1.54) is 6.92 Å². The van der Waals surface area contributed by atoms with Crippen LogP contribution < -0.4 is 0 Å². The van der Waals surface area contributed by atoms with Gasteiger partial charge < -0.3 is 0 Å². The van der Waals surface area contributed by atoms with E-state index < -0.39 is 12.0 Å². The molecule has 14 heavy (non-hydrogen) atoms. The van der Waals surface area contributed by atoms with Crippen molar-refractivity contribution in [2.45, 2.75) is 13.3 Å². The average molecular weight is 196 g/mol. The first kappa shape index (κ1) is 10.3. The molecule has 0 radical (unpaired) electrons. The smallest absolute Gasteiger partial charge is 0.265 e. The molecule has 0 aliphatic carbocycles. The minimum absolute atomic E-state index is 0.195. The monoisotopic (exact) mass is 196 g/mol. The van der Waals surface area contributed by atoms with Gasteiger partial charge in [-0.1, -0.05) is 0 Å². The van der Waals surface area contributed by atoms with Gasteiger partial charge >= 0.3 is 0 Å². The lowest BCUT2D eigenvalue weighted by atomic mass is 10.0. The molecule has 0 fully saturated rings. The number of carbonyl (C=O) groups excluding carboxylic acids is 1. The summed E-state index contributed by atoms with van der Waals surface area (Å²) < 4.78 is 25.0. The van der Waals surface area contributed by atoms with E-state index in [4.69, 9.17) is 5.26 Å². The van der Waals surface area contributed by atoms with Gasteiger partial charge in [-0.15, -0.1) is 0 Å². The van der Waals surface area contributed by atoms with Gasteiger partial charge in [-0.25, -0.2) is 8.78 Å². The van der Waals surface area contributed by atoms with E-state index in [9.17, 15) is 13.6 Å². The van der Waals surface area contributed by atoms with Gasteiger partial charge in [0, 0.05) is 23.0 Å². The van der Waals surface area contributed by atoms with Gasteiger partial charge in [0.15, 0.2) is 6.29 Å². The molecule has 0 saturated heterocycles. The summed E-state index contributed by atoms with van der Waals surface area (Å²) in [7, 11) is 0. The second-order valence-electron chi connectivity index (χ2n) is 2.61. The van der Waals surface area contributed by atoms with E-state index in [0.29, 0.717) is 6.29 Å². The number of aromatic nitrogens is 1. The van der Waals surface area contributed by atoms with Crippen LogP contribution in [0.5, 0.6) is 0 Å². The fourth-order valence-corrected chi connectivity index (χ4v) is 1.11. The van der Waals surface area contributed by atoms with Gasteiger partial charge in [0.25, 0.3) is 6.43 Å². The topological polar surface area (TPSA) is 53.8 Å². The maximum Gasteiger partial charge on any atom is 0.265 e. The zero-order chi connectivity index (χ0) is 10.7. The van der Waals surface area contributed by atoms with E-state index >= 15 is 0 Å². The third kappa shape index (κ3) is 1.59. The van der Waals surface area contributed by atoms with Crippen LogP contribution in [0.15, 0.2) is 6.20 Å². The van der Waals surface area contributed by atoms with E-state index in [1.54, 1.807) is 6.07 Å². The second-order valence-corrected chi connectivity index (χ2v) is 2.61. The molecule has 1 aromatic heterocycles. The fraction of sp³-hybridized carbons (Fsp3) is 0.222. The lowest BCUT2D eigenvalue weighted by Gasteiger charge is -2.07. The number of aldehydes is 1. The third-order valence-corrected chi connectivity index (χ3v) is 1.81. The fourth-order valence-electron chi connectivity index (χ4n) is 1.11. The third-order valence-electron chi connectivity index (χ3n) is 1.81. The number of nitriles is 1. The van der Waals surface area contributed by atoms with Crippen molar-refractivity contribution in [2.75, 3.05) is 0 Å². The predicted molar refractivity (Wildman–Crippen MR) is 44.0 cm³/mol. The molecule has 0 bridgehead atoms. The number of nitrogens with zero attached hydrogens (tertiary/aromatic N) is 2. The summed E-state index contributed by atoms with van der Waals surface area (Å²) in [5, 5.41) is 8.54. The van der Waals surface area contributed by atoms with Gasteiger partial charge in [-0.05, 0) is 6.92 Å². The summed E-state index contributed by atoms with van der Waals surface area (Å²) in [6.45, 7) is 1.44. The Hall–Kier alpha value is -1.83. The molecule has 0 atom stereocenters. The Kier molecular flexibility index (Phi) is 2.87. The van der Waals surface area contributed by atoms with Gasteiger partial charge in [0.2, 0.25) is 0 Å². The first-order valence-electron chi connectivity index (χ1n) is 3.74. The van der Waals surface area contributed by atoms with Gasteiger partial charge in [-0.2, -0.15) is 5.26 Å². The summed E-state index contributed by atoms with van der Waals surface area (Å²) in [6.07, 6.45) is -1.50. The number of rotatable bonds is 2. The highest BCUT2D eigenvalue weighted by Crippen LogP contribution is 2.26. The summed E-state index contributed by atoms with van der Waals surface area (Å²) in [6, 6.07) is 1.58. The molecule has 3 nitrogen and oxygen atoms in total. The first-order valence-corrected chi connectivity index (χ1v) is 3.74. The highest BCUT2D eigenvalue weighted by Gasteiger charge is 2.19. The number of pyridine rings is 1. The number of carbonyl (C=O) groups is 1. The molecule has 0 unspecified atom stereocenters. The molecule has 0 saturated carbocycles. The van der Waals surface area contributed by atoms with Crippen LogP contribution in [0.2, 0.25) is 0 Å². The highest BCUT2D eigenvalue weighted by molar-refractivity contribution is 5.80. The van der Waals surface area contributed by atoms with Crippen LogP contribution in [-0.4, -0.2) is 11.3 Å². The largest absolute Gasteiger partial charge is 0.298 e. The molecule has 1 heterocycles. The van der Waals surface area contributed by atoms with Crippen molar-refractivity contribution in [1.82, 2.24) is 4.98 Å². The van der Waals surface area contributed by atoms with Crippen LogP contribution in [-0.2, 0) is 0 Å². The van der Waals surface area contributed by atoms with Gasteiger partial charge in [0.1, 0.15) is 6.07 Å². The van der Waals surface area contributed by atoms with E-state index in [1.807, 2.05) is 0 Å². The highest BCUT2D eigenvalue weighted by atomic mass is 19.3. The minimum atomic E-state index is -2.84. The van der Waals surface area contributed by atoms with Crippen molar-refractivity contribution in [1.29, 1.82) is 5.26 Å². The zero-order valence-electron chi connectivity index (χ0n) is 7.29. The molecule has 0 spiro atoms. The quantitative estimate of drug-likeness (QED) is 0.680. The second kappa shape index (κ2) is 3.92. The first-order chi connectivity index (χ1) is 6.61. The van der Waals surface area contributed by atoms with E-state index in [0.717, 1.165) is 6.20 Å². The van der Waals surface area contributed by atoms with Crippen LogP contribution in [0.25, 0.3) is 0 Å². The molecule has 1 rings (SSSR count). The standard InChI is InChI=1S/C9H6F2N2O/c1-5-7(4-14)8(9(10)11)6(2-12)3-13-5/h3-4,9H,1H3. The number of aryl methyl sites for hydroxylation is 1. The molecule has 0 amide bonds. The van der Waals surface area contributed by atoms with Crippen molar-refractivity contribution >= 4 is 6.29 Å². The number of hydrogen-bond acceptors (Lipinski definition) is 3. The SMILES string of the molecule is Cc1ncc(C#N)c(C(F)F)c1C=O. The van der Waals surface area contributed by atoms with Crippen molar-refractivity contribution < 1.29 is 13.6 Å². The Bertz CT molecular complexity index is 410. The van der Waals surface area contributed by atoms with Crippen LogP contribution in [0.1, 0.15) is 33.6 Å². The molecule has 72 valence electrons. The Labute approximate surface area is 79.0 Å². The van der Waals surface area contributed by atoms with Crippen molar-refractivity contribution in [3.8, 4) is 6.07 Å². The maximum atomic E-state index is 12.5. The number of alkyl halides is 2. The maximum absolute atomic E-state index is 12.5. The summed E-state index contributed by atoms with van der Waals surface area (Å²) >= 11 is 0. The summed E-state index contributed by atoms with van der Waals surface area (Å²) in [4.78, 5) is 14.2. The van der Waals surface area contributed by atoms with Crippen molar-refractivity contribution in [3.05, 3.63) is 28.6 Å². The average Bonchev–Trinajstić information content (AvgIpc) is 2.17. The molecule has 5 heteroatoms. The van der Waals surface area contributed by atoms with Crippen LogP contribution in [0.3, 0.4) is 0 Å². The normalized spacial score (nSPS) is 9.93. The number of halogens is 2. The molecular formula is C9H6F2N2O. The van der Waals surface area contributed by atoms with Crippen molar-refractivity contribution in [3.63, 3.8) is 0 Å². The number of hydrogen-bond donors (Lipinski definition) is 0. The predicted octanol–water partition coefficient (Wildman–Crippen LogP) is 2.01. The lowest BCUT2D eigenvalue weighted by molar-refractivity contribution is 0.110. The minimum Gasteiger partial charge on any atom is -0.298 e. The van der Waals surface area contributed by atoms with Crippen LogP contribution >= 0.6 is 0 Å². The van der Waals surface area contributed by atoms with Gasteiger partial charge in [-0.3, -0.25) is 9.78 Å². The van der Waals surface area contributed by atoms with Gasteiger partial charge in [0.05, 0.1) is 5.56 Å². The Morgan fingerprint density at radius 3 is 2.71 bits per heavy atom. The van der Waals surface area contributed by atoms with Crippen LogP contribution in [0.4, 0.5) is 8.78 Å². The molecule has 0 aliphatic heterocycles. The molecule has 0 aliphatic rings. The molecular weight excluding hydrogens is 190 g/mol. The Balaban J connectivity index is 3.54.